The number of aliphatic hydroxyl groups is 1. The number of hydrogen-bond donors (Lipinski definition) is 2. The first kappa shape index (κ1) is 12.5. The first-order valence-corrected chi connectivity index (χ1v) is 6.58. The van der Waals surface area contributed by atoms with Crippen molar-refractivity contribution in [3.05, 3.63) is 30.1 Å². The smallest absolute Gasteiger partial charge is 0.0580 e. The number of aromatic nitrogens is 1. The molecule has 0 radical (unpaired) electrons. The lowest BCUT2D eigenvalue weighted by atomic mass is 9.86. The van der Waals surface area contributed by atoms with Crippen molar-refractivity contribution in [3.8, 4) is 0 Å². The van der Waals surface area contributed by atoms with Gasteiger partial charge in [0.1, 0.15) is 0 Å². The van der Waals surface area contributed by atoms with Crippen LogP contribution >= 0.6 is 0 Å². The summed E-state index contributed by atoms with van der Waals surface area (Å²) in [6.45, 7) is 3.05. The summed E-state index contributed by atoms with van der Waals surface area (Å²) in [4.78, 5) is 4.13. The molecule has 94 valence electrons. The number of rotatable bonds is 4. The highest BCUT2D eigenvalue weighted by atomic mass is 16.3. The molecule has 3 heteroatoms. The summed E-state index contributed by atoms with van der Waals surface area (Å²) >= 11 is 0. The molecule has 1 aromatic heterocycles. The highest BCUT2D eigenvalue weighted by molar-refractivity contribution is 5.12. The van der Waals surface area contributed by atoms with Crippen molar-refractivity contribution in [1.82, 2.24) is 10.3 Å². The van der Waals surface area contributed by atoms with Crippen molar-refractivity contribution >= 4 is 0 Å². The van der Waals surface area contributed by atoms with E-state index in [1.54, 1.807) is 6.20 Å². The van der Waals surface area contributed by atoms with Crippen molar-refractivity contribution in [1.29, 1.82) is 0 Å². The average Bonchev–Trinajstić information content (AvgIpc) is 2.38. The monoisotopic (exact) mass is 234 g/mol. The number of pyridine rings is 1. The van der Waals surface area contributed by atoms with Crippen LogP contribution in [0.2, 0.25) is 0 Å². The van der Waals surface area contributed by atoms with Crippen LogP contribution < -0.4 is 5.32 Å². The van der Waals surface area contributed by atoms with Crippen molar-refractivity contribution < 1.29 is 5.11 Å². The van der Waals surface area contributed by atoms with Crippen molar-refractivity contribution in [2.75, 3.05) is 6.54 Å². The Kier molecular flexibility index (Phi) is 4.51. The van der Waals surface area contributed by atoms with E-state index in [0.29, 0.717) is 12.0 Å². The highest BCUT2D eigenvalue weighted by Crippen LogP contribution is 2.24. The van der Waals surface area contributed by atoms with Gasteiger partial charge in [0.15, 0.2) is 0 Å². The van der Waals surface area contributed by atoms with Crippen LogP contribution in [0, 0.1) is 5.92 Å². The standard InChI is InChI=1S/C14H22N2O/c1-11(12-6-4-8-15-9-12)16-10-13-5-2-3-7-14(13)17/h4,6,8-9,11,13-14,16-17H,2-3,5,7,10H2,1H3. The Morgan fingerprint density at radius 2 is 2.29 bits per heavy atom. The maximum atomic E-state index is 9.90. The maximum absolute atomic E-state index is 9.90. The molecule has 0 aliphatic heterocycles. The molecule has 0 amide bonds. The minimum Gasteiger partial charge on any atom is -0.393 e. The molecule has 3 nitrogen and oxygen atoms in total. The summed E-state index contributed by atoms with van der Waals surface area (Å²) in [5.41, 5.74) is 1.21. The molecule has 1 saturated carbocycles. The van der Waals surface area contributed by atoms with Crippen LogP contribution in [0.4, 0.5) is 0 Å². The van der Waals surface area contributed by atoms with Gasteiger partial charge < -0.3 is 10.4 Å². The van der Waals surface area contributed by atoms with Crippen LogP contribution in [0.25, 0.3) is 0 Å². The highest BCUT2D eigenvalue weighted by Gasteiger charge is 2.23. The zero-order valence-corrected chi connectivity index (χ0v) is 10.5. The first-order valence-electron chi connectivity index (χ1n) is 6.58. The second kappa shape index (κ2) is 6.12. The minimum absolute atomic E-state index is 0.114. The van der Waals surface area contributed by atoms with Crippen LogP contribution in [-0.4, -0.2) is 22.7 Å². The van der Waals surface area contributed by atoms with E-state index >= 15 is 0 Å². The topological polar surface area (TPSA) is 45.1 Å². The summed E-state index contributed by atoms with van der Waals surface area (Å²) in [5, 5.41) is 13.4. The minimum atomic E-state index is -0.114. The van der Waals surface area contributed by atoms with Crippen LogP contribution in [0.1, 0.15) is 44.2 Å². The zero-order chi connectivity index (χ0) is 12.1. The lowest BCUT2D eigenvalue weighted by Gasteiger charge is -2.29. The molecule has 0 spiro atoms. The van der Waals surface area contributed by atoms with E-state index in [1.165, 1.54) is 18.4 Å². The lowest BCUT2D eigenvalue weighted by molar-refractivity contribution is 0.0684. The average molecular weight is 234 g/mol. The van der Waals surface area contributed by atoms with Gasteiger partial charge in [-0.15, -0.1) is 0 Å². The van der Waals surface area contributed by atoms with Crippen LogP contribution in [0.5, 0.6) is 0 Å². The largest absolute Gasteiger partial charge is 0.393 e. The molecule has 1 aliphatic carbocycles. The second-order valence-electron chi connectivity index (χ2n) is 5.03. The van der Waals surface area contributed by atoms with Gasteiger partial charge in [-0.25, -0.2) is 0 Å². The molecule has 2 N–H and O–H groups in total. The molecular weight excluding hydrogens is 212 g/mol. The summed E-state index contributed by atoms with van der Waals surface area (Å²) in [6.07, 6.45) is 8.12. The van der Waals surface area contributed by atoms with E-state index in [0.717, 1.165) is 19.4 Å². The molecule has 1 aromatic rings. The first-order chi connectivity index (χ1) is 8.27. The van der Waals surface area contributed by atoms with E-state index in [4.69, 9.17) is 0 Å². The van der Waals surface area contributed by atoms with E-state index in [-0.39, 0.29) is 6.10 Å². The number of aliphatic hydroxyl groups excluding tert-OH is 1. The molecule has 2 rings (SSSR count). The van der Waals surface area contributed by atoms with Crippen LogP contribution in [0.15, 0.2) is 24.5 Å². The Morgan fingerprint density at radius 3 is 3.00 bits per heavy atom. The zero-order valence-electron chi connectivity index (χ0n) is 10.5. The van der Waals surface area contributed by atoms with Crippen molar-refractivity contribution in [2.24, 2.45) is 5.92 Å². The Bertz CT molecular complexity index is 328. The summed E-state index contributed by atoms with van der Waals surface area (Å²) in [6, 6.07) is 4.35. The Labute approximate surface area is 103 Å². The molecule has 0 aromatic carbocycles. The summed E-state index contributed by atoms with van der Waals surface area (Å²) in [5.74, 6) is 0.419. The molecule has 0 saturated heterocycles. The van der Waals surface area contributed by atoms with Gasteiger partial charge in [-0.2, -0.15) is 0 Å². The normalized spacial score (nSPS) is 26.7. The van der Waals surface area contributed by atoms with Gasteiger partial charge >= 0.3 is 0 Å². The van der Waals surface area contributed by atoms with Gasteiger partial charge in [-0.05, 0) is 37.3 Å². The second-order valence-corrected chi connectivity index (χ2v) is 5.03. The van der Waals surface area contributed by atoms with Gasteiger partial charge in [0.25, 0.3) is 0 Å². The predicted molar refractivity (Wildman–Crippen MR) is 68.6 cm³/mol. The third kappa shape index (κ3) is 3.51. The molecule has 3 atom stereocenters. The van der Waals surface area contributed by atoms with Crippen LogP contribution in [0.3, 0.4) is 0 Å². The third-order valence-electron chi connectivity index (χ3n) is 3.74. The Balaban J connectivity index is 1.81. The van der Waals surface area contributed by atoms with Crippen molar-refractivity contribution in [2.45, 2.75) is 44.8 Å². The maximum Gasteiger partial charge on any atom is 0.0580 e. The molecule has 3 unspecified atom stereocenters. The Morgan fingerprint density at radius 1 is 1.47 bits per heavy atom. The molecule has 0 bridgehead atoms. The van der Waals surface area contributed by atoms with Gasteiger partial charge in [0.2, 0.25) is 0 Å². The van der Waals surface area contributed by atoms with E-state index in [9.17, 15) is 5.11 Å². The summed E-state index contributed by atoms with van der Waals surface area (Å²) < 4.78 is 0. The van der Waals surface area contributed by atoms with E-state index < -0.39 is 0 Å². The number of hydrogen-bond acceptors (Lipinski definition) is 3. The quantitative estimate of drug-likeness (QED) is 0.840. The SMILES string of the molecule is CC(NCC1CCCCC1O)c1cccnc1. The van der Waals surface area contributed by atoms with Crippen molar-refractivity contribution in [3.63, 3.8) is 0 Å². The predicted octanol–water partition coefficient (Wildman–Crippen LogP) is 2.28. The van der Waals surface area contributed by atoms with Gasteiger partial charge in [0.05, 0.1) is 6.10 Å². The number of nitrogens with one attached hydrogen (secondary N) is 1. The van der Waals surface area contributed by atoms with Crippen LogP contribution in [-0.2, 0) is 0 Å². The van der Waals surface area contributed by atoms with E-state index in [1.807, 2.05) is 12.3 Å². The van der Waals surface area contributed by atoms with Gasteiger partial charge in [0, 0.05) is 25.0 Å². The molecule has 1 fully saturated rings. The van der Waals surface area contributed by atoms with E-state index in [2.05, 4.69) is 23.3 Å². The number of nitrogens with zero attached hydrogens (tertiary/aromatic N) is 1. The fraction of sp³-hybridized carbons (Fsp3) is 0.643. The Hall–Kier alpha value is -0.930. The third-order valence-corrected chi connectivity index (χ3v) is 3.74. The molecule has 1 aliphatic rings. The fourth-order valence-electron chi connectivity index (χ4n) is 2.50. The van der Waals surface area contributed by atoms with Gasteiger partial charge in [-0.1, -0.05) is 18.9 Å². The summed E-state index contributed by atoms with van der Waals surface area (Å²) in [7, 11) is 0. The molecule has 1 heterocycles. The lowest BCUT2D eigenvalue weighted by Crippen LogP contribution is -2.34. The fourth-order valence-corrected chi connectivity index (χ4v) is 2.50. The van der Waals surface area contributed by atoms with Gasteiger partial charge in [-0.3, -0.25) is 4.98 Å². The molecule has 17 heavy (non-hydrogen) atoms. The molecular formula is C14H22N2O.